The van der Waals surface area contributed by atoms with E-state index in [2.05, 4.69) is 43.8 Å². The molecule has 1 aliphatic carbocycles. The fraction of sp³-hybridized carbons (Fsp3) is 0.800. The van der Waals surface area contributed by atoms with Crippen LogP contribution >= 0.6 is 0 Å². The largest absolute Gasteiger partial charge is 0.370 e. The molecular weight excluding hydrogens is 222 g/mol. The molecule has 0 saturated heterocycles. The Morgan fingerprint density at radius 2 is 2.11 bits per heavy atom. The zero-order valence-electron chi connectivity index (χ0n) is 12.2. The summed E-state index contributed by atoms with van der Waals surface area (Å²) in [7, 11) is 0. The fourth-order valence-electron chi connectivity index (χ4n) is 2.44. The van der Waals surface area contributed by atoms with Crippen molar-refractivity contribution in [2.45, 2.75) is 59.4 Å². The van der Waals surface area contributed by atoms with Crippen LogP contribution in [0, 0.1) is 11.8 Å². The number of hydrogen-bond acceptors (Lipinski definition) is 2. The summed E-state index contributed by atoms with van der Waals surface area (Å²) < 4.78 is 2.23. The highest BCUT2D eigenvalue weighted by atomic mass is 15.3. The van der Waals surface area contributed by atoms with Gasteiger partial charge in [0.25, 0.3) is 0 Å². The maximum absolute atomic E-state index is 4.82. The van der Waals surface area contributed by atoms with Gasteiger partial charge in [-0.3, -0.25) is 0 Å². The van der Waals surface area contributed by atoms with E-state index in [-0.39, 0.29) is 0 Å². The summed E-state index contributed by atoms with van der Waals surface area (Å²) in [4.78, 5) is 0. The zero-order valence-corrected chi connectivity index (χ0v) is 12.2. The second-order valence-corrected chi connectivity index (χ2v) is 6.07. The lowest BCUT2D eigenvalue weighted by atomic mass is 10.1. The Kier molecular flexibility index (Phi) is 4.31. The van der Waals surface area contributed by atoms with Gasteiger partial charge in [-0.05, 0) is 44.4 Å². The molecule has 1 saturated carbocycles. The molecule has 0 bridgehead atoms. The van der Waals surface area contributed by atoms with E-state index in [1.54, 1.807) is 0 Å². The molecule has 1 aliphatic rings. The van der Waals surface area contributed by atoms with Gasteiger partial charge in [0.2, 0.25) is 0 Å². The fourth-order valence-corrected chi connectivity index (χ4v) is 2.44. The van der Waals surface area contributed by atoms with Crippen LogP contribution in [0.2, 0.25) is 0 Å². The van der Waals surface area contributed by atoms with Crippen molar-refractivity contribution >= 4 is 5.82 Å². The van der Waals surface area contributed by atoms with Gasteiger partial charge in [-0.2, -0.15) is 5.10 Å². The lowest BCUT2D eigenvalue weighted by molar-refractivity contribution is 0.439. The van der Waals surface area contributed by atoms with Crippen LogP contribution in [0.4, 0.5) is 5.82 Å². The molecule has 1 aromatic heterocycles. The number of aromatic nitrogens is 2. The molecule has 2 rings (SSSR count). The van der Waals surface area contributed by atoms with Gasteiger partial charge in [0.05, 0.1) is 11.7 Å². The molecule has 1 N–H and O–H groups in total. The van der Waals surface area contributed by atoms with Gasteiger partial charge >= 0.3 is 0 Å². The molecule has 0 aliphatic heterocycles. The van der Waals surface area contributed by atoms with E-state index >= 15 is 0 Å². The quantitative estimate of drug-likeness (QED) is 0.795. The van der Waals surface area contributed by atoms with Crippen molar-refractivity contribution in [2.75, 3.05) is 11.9 Å². The molecule has 1 atom stereocenters. The first kappa shape index (κ1) is 13.4. The van der Waals surface area contributed by atoms with E-state index in [1.807, 2.05) is 0 Å². The third-order valence-corrected chi connectivity index (χ3v) is 3.65. The first-order valence-corrected chi connectivity index (χ1v) is 7.44. The molecule has 3 nitrogen and oxygen atoms in total. The highest BCUT2D eigenvalue weighted by molar-refractivity contribution is 5.38. The first-order valence-electron chi connectivity index (χ1n) is 7.44. The van der Waals surface area contributed by atoms with Crippen molar-refractivity contribution in [3.05, 3.63) is 11.8 Å². The molecule has 102 valence electrons. The van der Waals surface area contributed by atoms with Crippen molar-refractivity contribution in [3.63, 3.8) is 0 Å². The van der Waals surface area contributed by atoms with Crippen molar-refractivity contribution in [2.24, 2.45) is 11.8 Å². The predicted octanol–water partition coefficient (Wildman–Crippen LogP) is 3.87. The average Bonchev–Trinajstić information content (AvgIpc) is 3.08. The van der Waals surface area contributed by atoms with Gasteiger partial charge < -0.3 is 5.32 Å². The first-order chi connectivity index (χ1) is 8.61. The van der Waals surface area contributed by atoms with E-state index in [9.17, 15) is 0 Å². The van der Waals surface area contributed by atoms with E-state index in [1.165, 1.54) is 24.4 Å². The SMILES string of the molecule is CCCNc1cc(CC(C)C)nn1C(C)C1CC1. The molecule has 1 heterocycles. The lowest BCUT2D eigenvalue weighted by Gasteiger charge is -2.15. The van der Waals surface area contributed by atoms with E-state index in [4.69, 9.17) is 5.10 Å². The normalized spacial score (nSPS) is 17.2. The van der Waals surface area contributed by atoms with Crippen molar-refractivity contribution < 1.29 is 0 Å². The van der Waals surface area contributed by atoms with Crippen molar-refractivity contribution in [1.82, 2.24) is 9.78 Å². The molecule has 1 fully saturated rings. The minimum absolute atomic E-state index is 0.547. The topological polar surface area (TPSA) is 29.9 Å². The Morgan fingerprint density at radius 1 is 1.39 bits per heavy atom. The third-order valence-electron chi connectivity index (χ3n) is 3.65. The smallest absolute Gasteiger partial charge is 0.124 e. The summed E-state index contributed by atoms with van der Waals surface area (Å²) in [6, 6.07) is 2.79. The third kappa shape index (κ3) is 3.27. The number of nitrogens with zero attached hydrogens (tertiary/aromatic N) is 2. The zero-order chi connectivity index (χ0) is 13.1. The second kappa shape index (κ2) is 5.77. The summed E-state index contributed by atoms with van der Waals surface area (Å²) in [5.74, 6) is 2.73. The van der Waals surface area contributed by atoms with Gasteiger partial charge in [0.1, 0.15) is 5.82 Å². The number of anilines is 1. The molecule has 0 spiro atoms. The maximum atomic E-state index is 4.82. The van der Waals surface area contributed by atoms with Crippen LogP contribution in [-0.2, 0) is 6.42 Å². The molecule has 18 heavy (non-hydrogen) atoms. The summed E-state index contributed by atoms with van der Waals surface area (Å²) in [5, 5.41) is 8.34. The lowest BCUT2D eigenvalue weighted by Crippen LogP contribution is -2.14. The Hall–Kier alpha value is -0.990. The van der Waals surface area contributed by atoms with Crippen molar-refractivity contribution in [1.29, 1.82) is 0 Å². The predicted molar refractivity (Wildman–Crippen MR) is 77.0 cm³/mol. The van der Waals surface area contributed by atoms with Crippen LogP contribution in [0.5, 0.6) is 0 Å². The van der Waals surface area contributed by atoms with Crippen LogP contribution in [0.3, 0.4) is 0 Å². The van der Waals surface area contributed by atoms with E-state index in [0.717, 1.165) is 25.3 Å². The maximum Gasteiger partial charge on any atom is 0.124 e. The van der Waals surface area contributed by atoms with Crippen LogP contribution < -0.4 is 5.32 Å². The minimum Gasteiger partial charge on any atom is -0.370 e. The Morgan fingerprint density at radius 3 is 2.67 bits per heavy atom. The highest BCUT2D eigenvalue weighted by Crippen LogP contribution is 2.40. The van der Waals surface area contributed by atoms with E-state index < -0.39 is 0 Å². The average molecular weight is 249 g/mol. The van der Waals surface area contributed by atoms with Gasteiger partial charge in [-0.15, -0.1) is 0 Å². The summed E-state index contributed by atoms with van der Waals surface area (Å²) in [6.45, 7) is 10.0. The Labute approximate surface area is 111 Å². The summed E-state index contributed by atoms with van der Waals surface area (Å²) >= 11 is 0. The second-order valence-electron chi connectivity index (χ2n) is 6.07. The van der Waals surface area contributed by atoms with E-state index in [0.29, 0.717) is 12.0 Å². The molecular formula is C15H27N3. The Balaban J connectivity index is 2.14. The van der Waals surface area contributed by atoms with Crippen LogP contribution in [0.25, 0.3) is 0 Å². The number of nitrogens with one attached hydrogen (secondary N) is 1. The van der Waals surface area contributed by atoms with Crippen LogP contribution in [0.1, 0.15) is 58.7 Å². The van der Waals surface area contributed by atoms with Crippen LogP contribution in [0.15, 0.2) is 6.07 Å². The monoisotopic (exact) mass is 249 g/mol. The van der Waals surface area contributed by atoms with Crippen molar-refractivity contribution in [3.8, 4) is 0 Å². The molecule has 3 heteroatoms. The Bertz CT molecular complexity index is 377. The molecule has 0 aromatic carbocycles. The summed E-state index contributed by atoms with van der Waals surface area (Å²) in [6.07, 6.45) is 4.97. The molecule has 0 amide bonds. The standard InChI is InChI=1S/C15H27N3/c1-5-8-16-15-10-14(9-11(2)3)17-18(15)12(4)13-6-7-13/h10-13,16H,5-9H2,1-4H3. The van der Waals surface area contributed by atoms with Gasteiger partial charge in [0.15, 0.2) is 0 Å². The molecule has 1 unspecified atom stereocenters. The number of rotatable bonds is 7. The summed E-state index contributed by atoms with van der Waals surface area (Å²) in [5.41, 5.74) is 1.23. The minimum atomic E-state index is 0.547. The van der Waals surface area contributed by atoms with Gasteiger partial charge in [-0.25, -0.2) is 4.68 Å². The number of hydrogen-bond donors (Lipinski definition) is 1. The van der Waals surface area contributed by atoms with Crippen LogP contribution in [-0.4, -0.2) is 16.3 Å². The molecule has 0 radical (unpaired) electrons. The molecule has 1 aromatic rings. The van der Waals surface area contributed by atoms with Gasteiger partial charge in [-0.1, -0.05) is 20.8 Å². The van der Waals surface area contributed by atoms with Gasteiger partial charge in [0, 0.05) is 12.6 Å². The highest BCUT2D eigenvalue weighted by Gasteiger charge is 2.31.